The van der Waals surface area contributed by atoms with Gasteiger partial charge in [0.05, 0.1) is 31.1 Å². The van der Waals surface area contributed by atoms with Crippen LogP contribution in [0.5, 0.6) is 0 Å². The lowest BCUT2D eigenvalue weighted by Crippen LogP contribution is -2.55. The average Bonchev–Trinajstić information content (AvgIpc) is 2.36. The summed E-state index contributed by atoms with van der Waals surface area (Å²) in [4.78, 5) is 36.4. The van der Waals surface area contributed by atoms with Gasteiger partial charge in [0.15, 0.2) is 9.84 Å². The largest absolute Gasteiger partial charge is 0.481 e. The van der Waals surface area contributed by atoms with Gasteiger partial charge in [-0.2, -0.15) is 0 Å². The van der Waals surface area contributed by atoms with Gasteiger partial charge in [-0.25, -0.2) is 13.2 Å². The van der Waals surface area contributed by atoms with Gasteiger partial charge in [0.2, 0.25) is 0 Å². The van der Waals surface area contributed by atoms with Crippen molar-refractivity contribution in [3.63, 3.8) is 0 Å². The molecule has 1 rings (SSSR count). The molecule has 21 heavy (non-hydrogen) atoms. The van der Waals surface area contributed by atoms with E-state index >= 15 is 0 Å². The number of aliphatic carboxylic acids is 1. The molecule has 1 N–H and O–H groups in total. The molecule has 1 saturated heterocycles. The molecular weight excluding hydrogens is 304 g/mol. The molecule has 120 valence electrons. The Bertz CT molecular complexity index is 531. The fourth-order valence-corrected chi connectivity index (χ4v) is 3.58. The molecule has 10 heteroatoms. The smallest absolute Gasteiger partial charge is 0.325 e. The van der Waals surface area contributed by atoms with Gasteiger partial charge < -0.3 is 19.6 Å². The highest BCUT2D eigenvalue weighted by Gasteiger charge is 2.36. The van der Waals surface area contributed by atoms with E-state index < -0.39 is 46.0 Å². The molecule has 0 bridgehead atoms. The summed E-state index contributed by atoms with van der Waals surface area (Å²) in [5.41, 5.74) is 0. The van der Waals surface area contributed by atoms with E-state index in [-0.39, 0.29) is 18.8 Å². The van der Waals surface area contributed by atoms with Crippen molar-refractivity contribution in [2.75, 3.05) is 38.8 Å². The Morgan fingerprint density at radius 2 is 2.00 bits per heavy atom. The van der Waals surface area contributed by atoms with Crippen LogP contribution in [0, 0.1) is 0 Å². The molecule has 0 aliphatic carbocycles. The topological polar surface area (TPSA) is 121 Å². The standard InChI is InChI=1S/C11H18N2O7S/c1-12(6-10(16)20-2)11(17)13-3-4-21(18,19)7-8(13)5-9(14)15/h8H,3-7H2,1-2H3,(H,14,15). The van der Waals surface area contributed by atoms with E-state index in [2.05, 4.69) is 4.74 Å². The first-order valence-electron chi connectivity index (χ1n) is 6.17. The molecule has 1 heterocycles. The highest BCUT2D eigenvalue weighted by molar-refractivity contribution is 7.91. The maximum absolute atomic E-state index is 12.2. The molecule has 0 aromatic rings. The summed E-state index contributed by atoms with van der Waals surface area (Å²) in [6, 6.07) is -1.53. The lowest BCUT2D eigenvalue weighted by atomic mass is 10.2. The second-order valence-corrected chi connectivity index (χ2v) is 7.00. The number of likely N-dealkylation sites (N-methyl/N-ethyl adjacent to an activating group) is 1. The molecule has 0 saturated carbocycles. The summed E-state index contributed by atoms with van der Waals surface area (Å²) in [5.74, 6) is -2.42. The summed E-state index contributed by atoms with van der Waals surface area (Å²) in [5, 5.41) is 8.84. The third-order valence-electron chi connectivity index (χ3n) is 3.11. The monoisotopic (exact) mass is 322 g/mol. The van der Waals surface area contributed by atoms with Crippen molar-refractivity contribution in [2.24, 2.45) is 0 Å². The zero-order valence-corrected chi connectivity index (χ0v) is 12.6. The van der Waals surface area contributed by atoms with Crippen LogP contribution in [0.15, 0.2) is 0 Å². The Morgan fingerprint density at radius 1 is 1.38 bits per heavy atom. The molecule has 1 unspecified atom stereocenters. The lowest BCUT2D eigenvalue weighted by Gasteiger charge is -2.36. The van der Waals surface area contributed by atoms with Gasteiger partial charge in [0.1, 0.15) is 6.54 Å². The summed E-state index contributed by atoms with van der Waals surface area (Å²) in [6.07, 6.45) is -0.461. The van der Waals surface area contributed by atoms with Gasteiger partial charge in [-0.1, -0.05) is 0 Å². The number of hydrogen-bond acceptors (Lipinski definition) is 6. The van der Waals surface area contributed by atoms with E-state index in [1.165, 1.54) is 19.1 Å². The van der Waals surface area contributed by atoms with Gasteiger partial charge in [0, 0.05) is 13.6 Å². The van der Waals surface area contributed by atoms with Crippen molar-refractivity contribution in [2.45, 2.75) is 12.5 Å². The molecule has 1 aliphatic heterocycles. The van der Waals surface area contributed by atoms with Gasteiger partial charge >= 0.3 is 18.0 Å². The predicted molar refractivity (Wildman–Crippen MR) is 71.4 cm³/mol. The van der Waals surface area contributed by atoms with E-state index in [0.717, 1.165) is 4.90 Å². The van der Waals surface area contributed by atoms with Crippen LogP contribution in [0.3, 0.4) is 0 Å². The number of nitrogens with zero attached hydrogens (tertiary/aromatic N) is 2. The van der Waals surface area contributed by atoms with E-state index in [1.54, 1.807) is 0 Å². The Labute approximate surface area is 122 Å². The number of esters is 1. The number of carbonyl (C=O) groups excluding carboxylic acids is 2. The van der Waals surface area contributed by atoms with Crippen molar-refractivity contribution >= 4 is 27.8 Å². The Hall–Kier alpha value is -1.84. The van der Waals surface area contributed by atoms with Crippen LogP contribution in [-0.4, -0.2) is 86.1 Å². The number of urea groups is 1. The summed E-state index contributed by atoms with van der Waals surface area (Å²) in [6.45, 7) is -0.386. The number of carboxylic acid groups (broad SMARTS) is 1. The fraction of sp³-hybridized carbons (Fsp3) is 0.727. The number of amides is 2. The van der Waals surface area contributed by atoms with Crippen molar-refractivity contribution in [3.8, 4) is 0 Å². The maximum Gasteiger partial charge on any atom is 0.325 e. The van der Waals surface area contributed by atoms with Crippen LogP contribution < -0.4 is 0 Å². The molecule has 9 nitrogen and oxygen atoms in total. The van der Waals surface area contributed by atoms with Crippen LogP contribution in [0.25, 0.3) is 0 Å². The third-order valence-corrected chi connectivity index (χ3v) is 4.80. The Morgan fingerprint density at radius 3 is 2.52 bits per heavy atom. The third kappa shape index (κ3) is 4.88. The fourth-order valence-electron chi connectivity index (χ4n) is 2.05. The van der Waals surface area contributed by atoms with E-state index in [0.29, 0.717) is 0 Å². The SMILES string of the molecule is COC(=O)CN(C)C(=O)N1CCS(=O)(=O)CC1CC(=O)O. The summed E-state index contributed by atoms with van der Waals surface area (Å²) in [7, 11) is -0.822. The van der Waals surface area contributed by atoms with Gasteiger partial charge in [-0.05, 0) is 0 Å². The van der Waals surface area contributed by atoms with Crippen LogP contribution in [0.4, 0.5) is 4.79 Å². The van der Waals surface area contributed by atoms with Crippen LogP contribution in [0.2, 0.25) is 0 Å². The number of sulfone groups is 1. The first kappa shape index (κ1) is 17.2. The van der Waals surface area contributed by atoms with Crippen LogP contribution in [-0.2, 0) is 24.2 Å². The molecule has 0 aromatic carbocycles. The zero-order chi connectivity index (χ0) is 16.2. The first-order chi connectivity index (χ1) is 9.66. The number of methoxy groups -OCH3 is 1. The van der Waals surface area contributed by atoms with Crippen LogP contribution in [0.1, 0.15) is 6.42 Å². The van der Waals surface area contributed by atoms with Gasteiger partial charge in [0.25, 0.3) is 0 Å². The molecular formula is C11H18N2O7S. The minimum Gasteiger partial charge on any atom is -0.481 e. The van der Waals surface area contributed by atoms with Crippen molar-refractivity contribution < 1.29 is 32.6 Å². The number of rotatable bonds is 4. The first-order valence-corrected chi connectivity index (χ1v) is 7.99. The van der Waals surface area contributed by atoms with Gasteiger partial charge in [-0.3, -0.25) is 9.59 Å². The van der Waals surface area contributed by atoms with Crippen molar-refractivity contribution in [1.29, 1.82) is 0 Å². The Kier molecular flexibility index (Phi) is 5.53. The second kappa shape index (κ2) is 6.74. The number of carbonyl (C=O) groups is 3. The average molecular weight is 322 g/mol. The maximum atomic E-state index is 12.2. The predicted octanol–water partition coefficient (Wildman–Crippen LogP) is -1.22. The quantitative estimate of drug-likeness (QED) is 0.644. The number of carboxylic acids is 1. The van der Waals surface area contributed by atoms with Crippen molar-refractivity contribution in [1.82, 2.24) is 9.80 Å². The van der Waals surface area contributed by atoms with E-state index in [4.69, 9.17) is 5.11 Å². The van der Waals surface area contributed by atoms with E-state index in [9.17, 15) is 22.8 Å². The normalized spacial score (nSPS) is 20.7. The molecule has 1 atom stereocenters. The molecule has 0 radical (unpaired) electrons. The molecule has 1 fully saturated rings. The zero-order valence-electron chi connectivity index (χ0n) is 11.8. The van der Waals surface area contributed by atoms with Gasteiger partial charge in [-0.15, -0.1) is 0 Å². The highest BCUT2D eigenvalue weighted by Crippen LogP contribution is 2.16. The minimum atomic E-state index is -3.36. The molecule has 1 aliphatic rings. The molecule has 2 amide bonds. The second-order valence-electron chi connectivity index (χ2n) is 4.77. The van der Waals surface area contributed by atoms with Crippen molar-refractivity contribution in [3.05, 3.63) is 0 Å². The van der Waals surface area contributed by atoms with Crippen LogP contribution >= 0.6 is 0 Å². The molecule has 0 aromatic heterocycles. The van der Waals surface area contributed by atoms with E-state index in [1.807, 2.05) is 0 Å². The number of ether oxygens (including phenoxy) is 1. The molecule has 0 spiro atoms. The number of hydrogen-bond donors (Lipinski definition) is 1. The summed E-state index contributed by atoms with van der Waals surface area (Å²) < 4.78 is 27.6. The Balaban J connectivity index is 2.84. The summed E-state index contributed by atoms with van der Waals surface area (Å²) >= 11 is 0. The highest BCUT2D eigenvalue weighted by atomic mass is 32.2. The minimum absolute atomic E-state index is 0.0926. The lowest BCUT2D eigenvalue weighted by molar-refractivity contribution is -0.141.